The van der Waals surface area contributed by atoms with E-state index < -0.39 is 31.7 Å². The third-order valence-corrected chi connectivity index (χ3v) is 17.3. The van der Waals surface area contributed by atoms with E-state index >= 15 is 0 Å². The minimum absolute atomic E-state index is 0.271. The third kappa shape index (κ3) is 3.55. The summed E-state index contributed by atoms with van der Waals surface area (Å²) in [5.74, 6) is 0. The Bertz CT molecular complexity index is 583. The monoisotopic (exact) mass is 384 g/mol. The van der Waals surface area contributed by atoms with Gasteiger partial charge in [-0.1, -0.05) is 0 Å². The number of hydrogen-bond donors (Lipinski definition) is 2. The van der Waals surface area contributed by atoms with Gasteiger partial charge in [-0.3, -0.25) is 0 Å². The van der Waals surface area contributed by atoms with Crippen molar-refractivity contribution >= 4 is 36.4 Å². The van der Waals surface area contributed by atoms with Crippen molar-refractivity contribution in [3.05, 3.63) is 60.7 Å². The van der Waals surface area contributed by atoms with Crippen LogP contribution in [0.3, 0.4) is 0 Å². The van der Waals surface area contributed by atoms with E-state index in [4.69, 9.17) is 0 Å². The van der Waals surface area contributed by atoms with Crippen molar-refractivity contribution in [2.45, 2.75) is 4.00 Å². The third-order valence-electron chi connectivity index (χ3n) is 2.70. The molecule has 6 heteroatoms. The maximum absolute atomic E-state index is 12.3. The molecular weight excluding hydrogens is 370 g/mol. The summed E-state index contributed by atoms with van der Waals surface area (Å²) in [6.45, 7) is 0. The van der Waals surface area contributed by atoms with Crippen LogP contribution in [0.15, 0.2) is 60.7 Å². The van der Waals surface area contributed by atoms with Gasteiger partial charge in [0.15, 0.2) is 0 Å². The summed E-state index contributed by atoms with van der Waals surface area (Å²) in [6.07, 6.45) is 0. The van der Waals surface area contributed by atoms with Crippen molar-refractivity contribution in [3.63, 3.8) is 0 Å². The summed E-state index contributed by atoms with van der Waals surface area (Å²) >= 11 is -9.02. The van der Waals surface area contributed by atoms with Crippen molar-refractivity contribution in [2.24, 2.45) is 0 Å². The van der Waals surface area contributed by atoms with Crippen LogP contribution in [0.5, 0.6) is 0 Å². The maximum atomic E-state index is 12.3. The van der Waals surface area contributed by atoms with Gasteiger partial charge < -0.3 is 0 Å². The second-order valence-electron chi connectivity index (χ2n) is 4.22. The molecule has 0 aliphatic heterocycles. The molecule has 2 unspecified atom stereocenters. The molecule has 4 nitrogen and oxygen atoms in total. The molecule has 0 aliphatic rings. The molecule has 0 radical (unpaired) electrons. The van der Waals surface area contributed by atoms with E-state index in [2.05, 4.69) is 0 Å². The Balaban J connectivity index is 2.31. The Morgan fingerprint density at radius 2 is 1.00 bits per heavy atom. The summed E-state index contributed by atoms with van der Waals surface area (Å²) in [7, 11) is 0. The summed E-state index contributed by atoms with van der Waals surface area (Å²) in [4.78, 5) is 0. The SMILES string of the molecule is O=[As](O)(C[As](=O)(O)c1ccccc1)c1ccccc1. The topological polar surface area (TPSA) is 74.6 Å². The number of hydrogen-bond acceptors (Lipinski definition) is 2. The van der Waals surface area contributed by atoms with Gasteiger partial charge in [0, 0.05) is 0 Å². The molecule has 0 aromatic heterocycles. The minimum atomic E-state index is -4.51. The van der Waals surface area contributed by atoms with Crippen molar-refractivity contribution in [1.29, 1.82) is 0 Å². The molecule has 2 rings (SSSR count). The molecule has 2 aromatic rings. The van der Waals surface area contributed by atoms with Gasteiger partial charge in [0.2, 0.25) is 0 Å². The molecule has 100 valence electrons. The van der Waals surface area contributed by atoms with Gasteiger partial charge >= 0.3 is 117 Å². The van der Waals surface area contributed by atoms with Gasteiger partial charge in [-0.15, -0.1) is 0 Å². The first-order chi connectivity index (χ1) is 8.92. The van der Waals surface area contributed by atoms with Gasteiger partial charge in [-0.05, 0) is 0 Å². The van der Waals surface area contributed by atoms with E-state index in [0.717, 1.165) is 0 Å². The second kappa shape index (κ2) is 5.60. The fourth-order valence-electron chi connectivity index (χ4n) is 1.74. The Kier molecular flexibility index (Phi) is 4.27. The normalized spacial score (nSPS) is 17.4. The molecule has 0 saturated carbocycles. The Morgan fingerprint density at radius 1 is 0.684 bits per heavy atom. The Labute approximate surface area is 116 Å². The molecule has 0 bridgehead atoms. The molecule has 0 aliphatic carbocycles. The fourth-order valence-corrected chi connectivity index (χ4v) is 15.4. The van der Waals surface area contributed by atoms with Crippen LogP contribution in [-0.2, 0) is 7.48 Å². The second-order valence-corrected chi connectivity index (χ2v) is 15.9. The molecule has 0 heterocycles. The fraction of sp³-hybridized carbons (Fsp3) is 0.0769. The van der Waals surface area contributed by atoms with Crippen molar-refractivity contribution in [1.82, 2.24) is 0 Å². The van der Waals surface area contributed by atoms with Crippen LogP contribution in [-0.4, -0.2) is 35.9 Å². The van der Waals surface area contributed by atoms with Gasteiger partial charge in [-0.2, -0.15) is 0 Å². The first-order valence-electron chi connectivity index (χ1n) is 5.67. The standard InChI is InChI=1S/C13H14As2O4/c16-14(17,12-7-3-1-4-8-12)11-15(18,19)13-9-5-2-6-10-13/h1-10H,11H2,(H,16,17)(H,18,19). The molecule has 2 atom stereocenters. The van der Waals surface area contributed by atoms with Crippen molar-refractivity contribution in [2.75, 3.05) is 0 Å². The molecule has 0 amide bonds. The average molecular weight is 384 g/mol. The van der Waals surface area contributed by atoms with Gasteiger partial charge in [0.1, 0.15) is 0 Å². The summed E-state index contributed by atoms with van der Waals surface area (Å²) in [5, 5.41) is 0. The number of rotatable bonds is 4. The molecule has 0 spiro atoms. The molecule has 2 aromatic carbocycles. The van der Waals surface area contributed by atoms with E-state index in [0.29, 0.717) is 0 Å². The Morgan fingerprint density at radius 3 is 1.32 bits per heavy atom. The van der Waals surface area contributed by atoms with Crippen LogP contribution in [0, 0.1) is 0 Å². The summed E-state index contributed by atoms with van der Waals surface area (Å²) in [5.41, 5.74) is 0. The first kappa shape index (κ1) is 14.5. The van der Waals surface area contributed by atoms with Crippen LogP contribution >= 0.6 is 0 Å². The predicted octanol–water partition coefficient (Wildman–Crippen LogP) is 0.0700. The molecule has 0 saturated heterocycles. The van der Waals surface area contributed by atoms with Crippen LogP contribution < -0.4 is 8.70 Å². The van der Waals surface area contributed by atoms with E-state index in [1.807, 2.05) is 0 Å². The van der Waals surface area contributed by atoms with Crippen LogP contribution in [0.1, 0.15) is 0 Å². The van der Waals surface area contributed by atoms with Gasteiger partial charge in [0.05, 0.1) is 0 Å². The van der Waals surface area contributed by atoms with E-state index in [1.165, 1.54) is 24.3 Å². The van der Waals surface area contributed by atoms with Gasteiger partial charge in [-0.25, -0.2) is 0 Å². The first-order valence-corrected chi connectivity index (χ1v) is 13.4. The van der Waals surface area contributed by atoms with E-state index in [1.54, 1.807) is 36.4 Å². The zero-order chi connectivity index (χ0) is 13.9. The predicted molar refractivity (Wildman–Crippen MR) is 74.3 cm³/mol. The molecule has 2 N–H and O–H groups in total. The molecule has 19 heavy (non-hydrogen) atoms. The van der Waals surface area contributed by atoms with E-state index in [-0.39, 0.29) is 8.70 Å². The van der Waals surface area contributed by atoms with Crippen molar-refractivity contribution in [3.8, 4) is 0 Å². The Hall–Kier alpha value is -0.923. The zero-order valence-corrected chi connectivity index (χ0v) is 13.8. The number of benzene rings is 2. The molecule has 0 fully saturated rings. The van der Waals surface area contributed by atoms with Crippen LogP contribution in [0.25, 0.3) is 0 Å². The van der Waals surface area contributed by atoms with Crippen molar-refractivity contribution < 1.29 is 15.7 Å². The van der Waals surface area contributed by atoms with Gasteiger partial charge in [0.25, 0.3) is 0 Å². The zero-order valence-electron chi connectivity index (χ0n) is 10.1. The molecular formula is C13H14As2O4. The average Bonchev–Trinajstić information content (AvgIpc) is 2.40. The quantitative estimate of drug-likeness (QED) is 0.732. The van der Waals surface area contributed by atoms with Crippen LogP contribution in [0.2, 0.25) is 4.00 Å². The van der Waals surface area contributed by atoms with Crippen LogP contribution in [0.4, 0.5) is 0 Å². The summed E-state index contributed by atoms with van der Waals surface area (Å²) in [6, 6.07) is 16.2. The van der Waals surface area contributed by atoms with E-state index in [9.17, 15) is 15.7 Å². The summed E-state index contributed by atoms with van der Waals surface area (Å²) < 4.78 is 44.8.